The summed E-state index contributed by atoms with van der Waals surface area (Å²) >= 11 is 10.4. The first-order valence-electron chi connectivity index (χ1n) is 7.28. The average Bonchev–Trinajstić information content (AvgIpc) is 3.13. The fourth-order valence-electron chi connectivity index (χ4n) is 3.68. The van der Waals surface area contributed by atoms with Crippen molar-refractivity contribution in [3.8, 4) is 5.75 Å². The normalized spacial score (nSPS) is 30.6. The van der Waals surface area contributed by atoms with Crippen LogP contribution in [0.25, 0.3) is 0 Å². The molecule has 3 rings (SSSR count). The minimum absolute atomic E-state index is 0.151. The van der Waals surface area contributed by atoms with Gasteiger partial charge in [0.2, 0.25) is 0 Å². The standard InChI is InChI=1S/C16H20BrClO/c1-2-19-10-7-8-13(14(17)9-10)16(18)15-11-5-3-4-6-12(11)15/h7-9,11-12,15-16H,2-6H2,1H3. The Morgan fingerprint density at radius 3 is 2.58 bits per heavy atom. The predicted octanol–water partition coefficient (Wildman–Crippen LogP) is 5.56. The highest BCUT2D eigenvalue weighted by Gasteiger charge is 2.54. The summed E-state index contributed by atoms with van der Waals surface area (Å²) in [4.78, 5) is 0. The molecular weight excluding hydrogens is 324 g/mol. The van der Waals surface area contributed by atoms with Gasteiger partial charge in [0.15, 0.2) is 0 Å². The molecule has 0 amide bonds. The Balaban J connectivity index is 1.75. The Bertz CT molecular complexity index is 450. The zero-order valence-electron chi connectivity index (χ0n) is 11.2. The van der Waals surface area contributed by atoms with Gasteiger partial charge in [-0.3, -0.25) is 0 Å². The lowest BCUT2D eigenvalue weighted by molar-refractivity contribution is 0.340. The summed E-state index contributed by atoms with van der Waals surface area (Å²) in [6, 6.07) is 6.20. The second kappa shape index (κ2) is 5.65. The molecule has 0 bridgehead atoms. The van der Waals surface area contributed by atoms with Crippen LogP contribution in [0, 0.1) is 17.8 Å². The molecule has 1 aromatic rings. The number of benzene rings is 1. The van der Waals surface area contributed by atoms with Crippen LogP contribution in [-0.2, 0) is 0 Å². The minimum Gasteiger partial charge on any atom is -0.494 e. The van der Waals surface area contributed by atoms with E-state index >= 15 is 0 Å². The van der Waals surface area contributed by atoms with Crippen LogP contribution in [0.2, 0.25) is 0 Å². The molecule has 2 aliphatic carbocycles. The van der Waals surface area contributed by atoms with Gasteiger partial charge in [0.25, 0.3) is 0 Å². The van der Waals surface area contributed by atoms with E-state index in [0.29, 0.717) is 12.5 Å². The third-order valence-electron chi connectivity index (χ3n) is 4.64. The van der Waals surface area contributed by atoms with Crippen LogP contribution in [0.5, 0.6) is 5.75 Å². The fourth-order valence-corrected chi connectivity index (χ4v) is 4.98. The van der Waals surface area contributed by atoms with E-state index in [9.17, 15) is 0 Å². The second-order valence-corrected chi connectivity index (χ2v) is 7.03. The van der Waals surface area contributed by atoms with Crippen LogP contribution in [0.3, 0.4) is 0 Å². The van der Waals surface area contributed by atoms with Crippen LogP contribution in [0.4, 0.5) is 0 Å². The van der Waals surface area contributed by atoms with Gasteiger partial charge in [-0.05, 0) is 55.2 Å². The molecule has 1 nitrogen and oxygen atoms in total. The maximum Gasteiger partial charge on any atom is 0.120 e. The molecule has 3 unspecified atom stereocenters. The Morgan fingerprint density at radius 1 is 1.32 bits per heavy atom. The Labute approximate surface area is 128 Å². The van der Waals surface area contributed by atoms with Crippen molar-refractivity contribution in [2.75, 3.05) is 6.61 Å². The lowest BCUT2D eigenvalue weighted by Gasteiger charge is -2.13. The number of alkyl halides is 1. The first kappa shape index (κ1) is 13.8. The Hall–Kier alpha value is -0.210. The van der Waals surface area contributed by atoms with Crippen LogP contribution in [-0.4, -0.2) is 6.61 Å². The highest BCUT2D eigenvalue weighted by molar-refractivity contribution is 9.10. The molecule has 3 atom stereocenters. The van der Waals surface area contributed by atoms with Crippen molar-refractivity contribution in [2.24, 2.45) is 17.8 Å². The van der Waals surface area contributed by atoms with Crippen LogP contribution in [0.1, 0.15) is 43.5 Å². The highest BCUT2D eigenvalue weighted by Crippen LogP contribution is 2.62. The summed E-state index contributed by atoms with van der Waals surface area (Å²) < 4.78 is 6.60. The van der Waals surface area contributed by atoms with Gasteiger partial charge in [-0.1, -0.05) is 34.8 Å². The molecule has 0 heterocycles. The lowest BCUT2D eigenvalue weighted by Crippen LogP contribution is -1.98. The van der Waals surface area contributed by atoms with Crippen molar-refractivity contribution in [1.82, 2.24) is 0 Å². The van der Waals surface area contributed by atoms with Gasteiger partial charge in [-0.25, -0.2) is 0 Å². The quantitative estimate of drug-likeness (QED) is 0.650. The van der Waals surface area contributed by atoms with Crippen molar-refractivity contribution in [3.05, 3.63) is 28.2 Å². The van der Waals surface area contributed by atoms with Crippen LogP contribution < -0.4 is 4.74 Å². The summed E-state index contributed by atoms with van der Waals surface area (Å²) in [5.41, 5.74) is 1.23. The summed E-state index contributed by atoms with van der Waals surface area (Å²) in [6.07, 6.45) is 5.55. The molecule has 1 aromatic carbocycles. The van der Waals surface area contributed by atoms with E-state index in [4.69, 9.17) is 16.3 Å². The summed E-state index contributed by atoms with van der Waals surface area (Å²) in [5.74, 6) is 3.37. The van der Waals surface area contributed by atoms with E-state index in [1.54, 1.807) is 0 Å². The predicted molar refractivity (Wildman–Crippen MR) is 82.8 cm³/mol. The highest BCUT2D eigenvalue weighted by atomic mass is 79.9. The van der Waals surface area contributed by atoms with E-state index in [1.165, 1.54) is 31.2 Å². The van der Waals surface area contributed by atoms with Crippen molar-refractivity contribution < 1.29 is 4.74 Å². The number of fused-ring (bicyclic) bond motifs is 1. The molecule has 0 N–H and O–H groups in total. The van der Waals surface area contributed by atoms with Gasteiger partial charge < -0.3 is 4.74 Å². The molecule has 2 saturated carbocycles. The zero-order valence-corrected chi connectivity index (χ0v) is 13.6. The third-order valence-corrected chi connectivity index (χ3v) is 5.85. The van der Waals surface area contributed by atoms with Gasteiger partial charge in [0.05, 0.1) is 12.0 Å². The van der Waals surface area contributed by atoms with Gasteiger partial charge in [-0.2, -0.15) is 0 Å². The SMILES string of the molecule is CCOc1ccc(C(Cl)C2C3CCCCC32)c(Br)c1. The summed E-state index contributed by atoms with van der Waals surface area (Å²) in [5, 5.41) is 0.151. The number of rotatable bonds is 4. The maximum absolute atomic E-state index is 6.74. The molecule has 0 aliphatic heterocycles. The third kappa shape index (κ3) is 2.67. The topological polar surface area (TPSA) is 9.23 Å². The van der Waals surface area contributed by atoms with Gasteiger partial charge in [0.1, 0.15) is 5.75 Å². The number of ether oxygens (including phenoxy) is 1. The van der Waals surface area contributed by atoms with Gasteiger partial charge >= 0.3 is 0 Å². The van der Waals surface area contributed by atoms with Gasteiger partial charge in [0, 0.05) is 4.47 Å². The molecular formula is C16H20BrClO. The second-order valence-electron chi connectivity index (χ2n) is 5.71. The molecule has 104 valence electrons. The van der Waals surface area contributed by atoms with Crippen LogP contribution in [0.15, 0.2) is 22.7 Å². The molecule has 0 aromatic heterocycles. The number of hydrogen-bond donors (Lipinski definition) is 0. The molecule has 2 fully saturated rings. The van der Waals surface area contributed by atoms with E-state index in [0.717, 1.165) is 22.1 Å². The van der Waals surface area contributed by atoms with Crippen molar-refractivity contribution >= 4 is 27.5 Å². The molecule has 2 aliphatic rings. The molecule has 19 heavy (non-hydrogen) atoms. The average molecular weight is 344 g/mol. The minimum atomic E-state index is 0.151. The van der Waals surface area contributed by atoms with Crippen molar-refractivity contribution in [2.45, 2.75) is 38.0 Å². The smallest absolute Gasteiger partial charge is 0.120 e. The molecule has 3 heteroatoms. The molecule has 0 saturated heterocycles. The first-order valence-corrected chi connectivity index (χ1v) is 8.51. The van der Waals surface area contributed by atoms with E-state index < -0.39 is 0 Å². The zero-order chi connectivity index (χ0) is 13.4. The Kier molecular flexibility index (Phi) is 4.09. The maximum atomic E-state index is 6.74. The van der Waals surface area contributed by atoms with Crippen molar-refractivity contribution in [1.29, 1.82) is 0 Å². The summed E-state index contributed by atoms with van der Waals surface area (Å²) in [6.45, 7) is 2.70. The first-order chi connectivity index (χ1) is 9.22. The monoisotopic (exact) mass is 342 g/mol. The molecule has 0 spiro atoms. The summed E-state index contributed by atoms with van der Waals surface area (Å²) in [7, 11) is 0. The Morgan fingerprint density at radius 2 is 2.00 bits per heavy atom. The number of halogens is 2. The van der Waals surface area contributed by atoms with E-state index in [-0.39, 0.29) is 5.38 Å². The van der Waals surface area contributed by atoms with Crippen LogP contribution >= 0.6 is 27.5 Å². The fraction of sp³-hybridized carbons (Fsp3) is 0.625. The molecule has 0 radical (unpaired) electrons. The van der Waals surface area contributed by atoms with Gasteiger partial charge in [-0.15, -0.1) is 11.6 Å². The van der Waals surface area contributed by atoms with Crippen molar-refractivity contribution in [3.63, 3.8) is 0 Å². The lowest BCUT2D eigenvalue weighted by atomic mass is 10.0. The van der Waals surface area contributed by atoms with E-state index in [2.05, 4.69) is 22.0 Å². The van der Waals surface area contributed by atoms with E-state index in [1.807, 2.05) is 19.1 Å². The number of hydrogen-bond acceptors (Lipinski definition) is 1. The largest absolute Gasteiger partial charge is 0.494 e.